The Balaban J connectivity index is 0. The van der Waals surface area contributed by atoms with Crippen molar-refractivity contribution in [1.29, 1.82) is 0 Å². The van der Waals surface area contributed by atoms with Gasteiger partial charge in [0.25, 0.3) is 0 Å². The molecule has 72 valence electrons. The normalized spacial score (nSPS) is 11.9. The molecule has 0 atom stereocenters. The van der Waals surface area contributed by atoms with Crippen LogP contribution >= 0.6 is 0 Å². The van der Waals surface area contributed by atoms with E-state index in [0.717, 1.165) is 19.0 Å². The fraction of sp³-hybridized carbons (Fsp3) is 0.600. The van der Waals surface area contributed by atoms with Crippen LogP contribution in [0.3, 0.4) is 0 Å². The van der Waals surface area contributed by atoms with Crippen LogP contribution < -0.4 is 0 Å². The van der Waals surface area contributed by atoms with Gasteiger partial charge in [0.2, 0.25) is 0 Å². The molecule has 0 spiro atoms. The van der Waals surface area contributed by atoms with Gasteiger partial charge in [0, 0.05) is 13.2 Å². The van der Waals surface area contributed by atoms with E-state index in [2.05, 4.69) is 17.9 Å². The van der Waals surface area contributed by atoms with Crippen molar-refractivity contribution in [3.05, 3.63) is 25.0 Å². The third kappa shape index (κ3) is 22.8. The van der Waals surface area contributed by atoms with E-state index in [1.54, 1.807) is 20.1 Å². The van der Waals surface area contributed by atoms with E-state index in [1.165, 1.54) is 6.42 Å². The Morgan fingerprint density at radius 1 is 1.50 bits per heavy atom. The lowest BCUT2D eigenvalue weighted by atomic mass is 10.4. The molecule has 0 aliphatic carbocycles. The Morgan fingerprint density at radius 2 is 1.67 bits per heavy atom. The van der Waals surface area contributed by atoms with Gasteiger partial charge in [0.1, 0.15) is 0 Å². The van der Waals surface area contributed by atoms with Crippen LogP contribution in [0.2, 0.25) is 0 Å². The van der Waals surface area contributed by atoms with Gasteiger partial charge in [-0.05, 0) is 20.3 Å². The highest BCUT2D eigenvalue weighted by Gasteiger charge is 1.94. The third-order valence-electron chi connectivity index (χ3n) is 0.926. The van der Waals surface area contributed by atoms with Crippen LogP contribution in [0.1, 0.15) is 20.3 Å². The minimum absolute atomic E-state index is 0.755. The lowest BCUT2D eigenvalue weighted by Crippen LogP contribution is -2.09. The highest BCUT2D eigenvalue weighted by Crippen LogP contribution is 1.93. The van der Waals surface area contributed by atoms with Crippen LogP contribution in [0, 0.1) is 0 Å². The number of allylic oxidation sites excluding steroid dienone is 2. The summed E-state index contributed by atoms with van der Waals surface area (Å²) in [5.74, 6) is 0.755. The van der Waals surface area contributed by atoms with E-state index in [9.17, 15) is 0 Å². The second-order valence-electron chi connectivity index (χ2n) is 2.28. The molecular weight excluding hydrogens is 152 g/mol. The number of rotatable bonds is 1. The van der Waals surface area contributed by atoms with Crippen LogP contribution in [-0.4, -0.2) is 20.3 Å². The molecule has 0 aromatic heterocycles. The van der Waals surface area contributed by atoms with Gasteiger partial charge in [-0.1, -0.05) is 12.7 Å². The number of methoxy groups -OCH3 is 1. The van der Waals surface area contributed by atoms with Crippen molar-refractivity contribution in [1.82, 2.24) is 0 Å². The Labute approximate surface area is 75.9 Å². The zero-order chi connectivity index (χ0) is 9.82. The van der Waals surface area contributed by atoms with Crippen molar-refractivity contribution < 1.29 is 9.47 Å². The summed E-state index contributed by atoms with van der Waals surface area (Å²) in [4.78, 5) is 0. The van der Waals surface area contributed by atoms with Gasteiger partial charge in [-0.3, -0.25) is 0 Å². The highest BCUT2D eigenvalue weighted by molar-refractivity contribution is 4.71. The summed E-state index contributed by atoms with van der Waals surface area (Å²) < 4.78 is 9.28. The van der Waals surface area contributed by atoms with Crippen LogP contribution in [-0.2, 0) is 9.47 Å². The first-order chi connectivity index (χ1) is 5.68. The maximum absolute atomic E-state index is 4.72. The molecule has 0 amide bonds. The quantitative estimate of drug-likeness (QED) is 0.447. The fourth-order valence-electron chi connectivity index (χ4n) is 0.144. The smallest absolute Gasteiger partial charge is 0.0853 e. The van der Waals surface area contributed by atoms with E-state index >= 15 is 0 Å². The van der Waals surface area contributed by atoms with Gasteiger partial charge in [-0.25, -0.2) is 0 Å². The standard InChI is InChI=1S/C4H8O.C3H6O.C3H6/c1-4(2)5-3;1-2-4-3-1;1-3-2/h1H2,2-3H3;1-3H2;3H,1H2,2H3. The largest absolute Gasteiger partial charge is 0.502 e. The van der Waals surface area contributed by atoms with Crippen LogP contribution in [0.5, 0.6) is 0 Å². The molecule has 1 aliphatic heterocycles. The first kappa shape index (κ1) is 13.8. The fourth-order valence-corrected chi connectivity index (χ4v) is 0.144. The van der Waals surface area contributed by atoms with Crippen molar-refractivity contribution >= 4 is 0 Å². The molecule has 0 saturated carbocycles. The van der Waals surface area contributed by atoms with Gasteiger partial charge >= 0.3 is 0 Å². The SMILES string of the molecule is C1COC1.C=C(C)OC.C=CC. The molecule has 1 aliphatic rings. The van der Waals surface area contributed by atoms with E-state index in [4.69, 9.17) is 4.74 Å². The van der Waals surface area contributed by atoms with Gasteiger partial charge in [0.15, 0.2) is 0 Å². The summed E-state index contributed by atoms with van der Waals surface area (Å²) in [6.45, 7) is 12.5. The van der Waals surface area contributed by atoms with Crippen LogP contribution in [0.4, 0.5) is 0 Å². The van der Waals surface area contributed by atoms with E-state index in [0.29, 0.717) is 0 Å². The second kappa shape index (κ2) is 12.9. The lowest BCUT2D eigenvalue weighted by Gasteiger charge is -2.09. The lowest BCUT2D eigenvalue weighted by molar-refractivity contribution is 0.0367. The molecule has 1 fully saturated rings. The predicted molar refractivity (Wildman–Crippen MR) is 53.1 cm³/mol. The third-order valence-corrected chi connectivity index (χ3v) is 0.926. The second-order valence-corrected chi connectivity index (χ2v) is 2.28. The Morgan fingerprint density at radius 3 is 1.67 bits per heavy atom. The van der Waals surface area contributed by atoms with Gasteiger partial charge in [-0.15, -0.1) is 6.58 Å². The summed E-state index contributed by atoms with van der Waals surface area (Å²) in [5.41, 5.74) is 0. The summed E-state index contributed by atoms with van der Waals surface area (Å²) in [7, 11) is 1.60. The summed E-state index contributed by atoms with van der Waals surface area (Å²) in [6, 6.07) is 0. The average molecular weight is 172 g/mol. The molecule has 2 nitrogen and oxygen atoms in total. The van der Waals surface area contributed by atoms with E-state index < -0.39 is 0 Å². The van der Waals surface area contributed by atoms with E-state index in [1.807, 2.05) is 6.92 Å². The maximum Gasteiger partial charge on any atom is 0.0853 e. The van der Waals surface area contributed by atoms with Crippen molar-refractivity contribution in [2.75, 3.05) is 20.3 Å². The molecule has 0 radical (unpaired) electrons. The topological polar surface area (TPSA) is 18.5 Å². The molecule has 0 N–H and O–H groups in total. The minimum Gasteiger partial charge on any atom is -0.502 e. The Hall–Kier alpha value is -0.760. The first-order valence-corrected chi connectivity index (χ1v) is 4.03. The monoisotopic (exact) mass is 172 g/mol. The van der Waals surface area contributed by atoms with Crippen LogP contribution in [0.25, 0.3) is 0 Å². The molecule has 0 aromatic rings. The minimum atomic E-state index is 0.755. The molecule has 12 heavy (non-hydrogen) atoms. The van der Waals surface area contributed by atoms with Gasteiger partial charge in [0.05, 0.1) is 12.9 Å². The summed E-state index contributed by atoms with van der Waals surface area (Å²) in [5, 5.41) is 0. The summed E-state index contributed by atoms with van der Waals surface area (Å²) >= 11 is 0. The molecule has 1 saturated heterocycles. The summed E-state index contributed by atoms with van der Waals surface area (Å²) in [6.07, 6.45) is 3.03. The zero-order valence-corrected chi connectivity index (χ0v) is 8.43. The van der Waals surface area contributed by atoms with Gasteiger partial charge in [-0.2, -0.15) is 0 Å². The maximum atomic E-state index is 4.72. The Kier molecular flexibility index (Phi) is 14.8. The molecule has 0 unspecified atom stereocenters. The predicted octanol–water partition coefficient (Wildman–Crippen LogP) is 2.77. The number of hydrogen-bond acceptors (Lipinski definition) is 2. The average Bonchev–Trinajstić information content (AvgIpc) is 1.85. The molecule has 0 bridgehead atoms. The molecule has 0 aromatic carbocycles. The van der Waals surface area contributed by atoms with Crippen molar-refractivity contribution in [2.24, 2.45) is 0 Å². The van der Waals surface area contributed by atoms with Gasteiger partial charge < -0.3 is 9.47 Å². The molecular formula is C10H20O2. The van der Waals surface area contributed by atoms with Crippen LogP contribution in [0.15, 0.2) is 25.0 Å². The molecule has 1 rings (SSSR count). The molecule has 1 heterocycles. The van der Waals surface area contributed by atoms with Crippen molar-refractivity contribution in [2.45, 2.75) is 20.3 Å². The highest BCUT2D eigenvalue weighted by atomic mass is 16.5. The molecule has 2 heteroatoms. The zero-order valence-electron chi connectivity index (χ0n) is 8.43. The van der Waals surface area contributed by atoms with Crippen molar-refractivity contribution in [3.8, 4) is 0 Å². The number of ether oxygens (including phenoxy) is 2. The van der Waals surface area contributed by atoms with E-state index in [-0.39, 0.29) is 0 Å². The number of hydrogen-bond donors (Lipinski definition) is 0. The first-order valence-electron chi connectivity index (χ1n) is 4.03. The van der Waals surface area contributed by atoms with Crippen molar-refractivity contribution in [3.63, 3.8) is 0 Å². The Bertz CT molecular complexity index is 100.